The molecule has 6 rings (SSSR count). The van der Waals surface area contributed by atoms with Crippen LogP contribution in [0.25, 0.3) is 0 Å². The lowest BCUT2D eigenvalue weighted by atomic mass is 9.94. The maximum absolute atomic E-state index is 13.3. The minimum atomic E-state index is -1.06. The van der Waals surface area contributed by atoms with E-state index in [1.165, 1.54) is 34.2 Å². The zero-order valence-corrected chi connectivity index (χ0v) is 50.0. The topological polar surface area (TPSA) is 187 Å². The molecule has 4 aromatic carbocycles. The molecule has 0 aromatic heterocycles. The van der Waals surface area contributed by atoms with E-state index < -0.39 is 29.4 Å². The number of ether oxygens (including phenoxy) is 2. The third kappa shape index (κ3) is 29.8. The molecule has 15 heteroatoms. The summed E-state index contributed by atoms with van der Waals surface area (Å²) in [4.78, 5) is 76.4. The highest BCUT2D eigenvalue weighted by Gasteiger charge is 2.30. The summed E-state index contributed by atoms with van der Waals surface area (Å²) < 4.78 is 10.3. The predicted octanol–water partition coefficient (Wildman–Crippen LogP) is 11.7. The maximum atomic E-state index is 13.3. The number of hydrogen-bond donors (Lipinski definition) is 4. The summed E-state index contributed by atoms with van der Waals surface area (Å²) >= 11 is 0. The van der Waals surface area contributed by atoms with E-state index in [-0.39, 0.29) is 62.2 Å². The van der Waals surface area contributed by atoms with Crippen LogP contribution < -0.4 is 16.0 Å². The molecular formula is C67H100N6O9. The largest absolute Gasteiger partial charge is 0.480 e. The van der Waals surface area contributed by atoms with Crippen molar-refractivity contribution in [2.45, 2.75) is 175 Å². The Morgan fingerprint density at radius 3 is 1.13 bits per heavy atom. The summed E-state index contributed by atoms with van der Waals surface area (Å²) in [5.41, 5.74) is 4.22. The van der Waals surface area contributed by atoms with Crippen LogP contribution in [0.15, 0.2) is 121 Å². The minimum absolute atomic E-state index is 0. The number of piperidine rings is 2. The molecule has 0 spiro atoms. The van der Waals surface area contributed by atoms with Crippen LogP contribution in [0.3, 0.4) is 0 Å². The lowest BCUT2D eigenvalue weighted by Crippen LogP contribution is -2.48. The van der Waals surface area contributed by atoms with Gasteiger partial charge in [-0.15, -0.1) is 0 Å². The van der Waals surface area contributed by atoms with Gasteiger partial charge in [0.2, 0.25) is 17.7 Å². The van der Waals surface area contributed by atoms with E-state index in [1.54, 1.807) is 53.5 Å². The van der Waals surface area contributed by atoms with Gasteiger partial charge in [-0.2, -0.15) is 0 Å². The van der Waals surface area contributed by atoms with E-state index in [9.17, 15) is 28.8 Å². The second-order valence-electron chi connectivity index (χ2n) is 23.7. The summed E-state index contributed by atoms with van der Waals surface area (Å²) in [6.07, 6.45) is 14.5. The van der Waals surface area contributed by atoms with Crippen molar-refractivity contribution in [1.29, 1.82) is 0 Å². The van der Waals surface area contributed by atoms with Gasteiger partial charge < -0.3 is 45.2 Å². The van der Waals surface area contributed by atoms with Gasteiger partial charge in [-0.05, 0) is 180 Å². The molecule has 0 atom stereocenters. The molecule has 2 fully saturated rings. The van der Waals surface area contributed by atoms with Gasteiger partial charge in [0.1, 0.15) is 24.3 Å². The number of hydrogen-bond acceptors (Lipinski definition) is 9. The van der Waals surface area contributed by atoms with Crippen LogP contribution in [0.1, 0.15) is 148 Å². The summed E-state index contributed by atoms with van der Waals surface area (Å²) in [6, 6.07) is 42.7. The van der Waals surface area contributed by atoms with Gasteiger partial charge in [-0.25, -0.2) is 9.59 Å². The van der Waals surface area contributed by atoms with Crippen LogP contribution in [-0.4, -0.2) is 132 Å². The third-order valence-electron chi connectivity index (χ3n) is 14.2. The Bertz CT molecular complexity index is 2350. The molecule has 0 aliphatic carbocycles. The molecule has 2 aliphatic heterocycles. The lowest BCUT2D eigenvalue weighted by molar-refractivity contribution is -0.138. The summed E-state index contributed by atoms with van der Waals surface area (Å²) in [5.74, 6) is -0.723. The van der Waals surface area contributed by atoms with Crippen LogP contribution in [0.4, 0.5) is 9.59 Å². The fourth-order valence-electron chi connectivity index (χ4n) is 9.79. The highest BCUT2D eigenvalue weighted by molar-refractivity contribution is 5.83. The molecule has 452 valence electrons. The van der Waals surface area contributed by atoms with E-state index in [2.05, 4.69) is 125 Å². The zero-order chi connectivity index (χ0) is 59.0. The predicted molar refractivity (Wildman–Crippen MR) is 328 cm³/mol. The second-order valence-corrected chi connectivity index (χ2v) is 23.7. The smallest absolute Gasteiger partial charge is 0.410 e. The van der Waals surface area contributed by atoms with Crippen LogP contribution in [0.5, 0.6) is 0 Å². The van der Waals surface area contributed by atoms with Crippen LogP contribution in [0, 0.1) is 11.8 Å². The summed E-state index contributed by atoms with van der Waals surface area (Å²) in [6.45, 7) is 13.1. The molecule has 5 amide bonds. The Morgan fingerprint density at radius 1 is 0.524 bits per heavy atom. The average Bonchev–Trinajstić information content (AvgIpc) is 3.43. The quantitative estimate of drug-likeness (QED) is 0.0526. The first-order chi connectivity index (χ1) is 38.6. The molecule has 4 N–H and O–H groups in total. The lowest BCUT2D eigenvalue weighted by Gasteiger charge is -2.33. The van der Waals surface area contributed by atoms with Crippen LogP contribution in [-0.2, 0) is 54.3 Å². The molecule has 0 bridgehead atoms. The number of carboxylic acids is 1. The van der Waals surface area contributed by atoms with Crippen molar-refractivity contribution in [1.82, 2.24) is 30.7 Å². The van der Waals surface area contributed by atoms with Gasteiger partial charge in [0.25, 0.3) is 0 Å². The molecule has 15 nitrogen and oxygen atoms in total. The molecule has 82 heavy (non-hydrogen) atoms. The number of amides is 5. The number of carbonyl (C=O) groups is 6. The first kappa shape index (κ1) is 69.5. The fourth-order valence-corrected chi connectivity index (χ4v) is 9.79. The fraction of sp³-hybridized carbons (Fsp3) is 0.552. The van der Waals surface area contributed by atoms with E-state index in [0.29, 0.717) is 25.9 Å². The van der Waals surface area contributed by atoms with Gasteiger partial charge >= 0.3 is 18.2 Å². The molecule has 0 radical (unpaired) electrons. The Kier molecular flexibility index (Phi) is 31.7. The molecule has 4 aromatic rings. The number of carboxylic acid groups (broad SMARTS) is 1. The number of likely N-dealkylation sites (N-methyl/N-ethyl adjacent to an activating group) is 2. The molecule has 2 aliphatic rings. The van der Waals surface area contributed by atoms with Crippen molar-refractivity contribution in [2.75, 3.05) is 53.4 Å². The third-order valence-corrected chi connectivity index (χ3v) is 14.2. The molecule has 0 unspecified atom stereocenters. The standard InChI is InChI=1S/C33H47N3O4.C25H34N2O.C8H15NO4.CH4/c1-33(2,3)40-32(39)35(4)25-30(37)36-23-21-28(22-24-36)31(38)34-29(19-11-17-26-13-7-5-8-14-26)20-12-18-27-15-9-6-10-16-27;28-25(23-17-19-26-20-18-23)27-24(15-7-13-21-9-3-1-4-10-21)16-8-14-22-11-5-2-6-12-22;1-8(2,3)13-7(12)9(4)5-6(10)11;/h5-10,13-16,28-29H,11-12,17-25H2,1-4H3,(H,34,38);1-6,9-12,23-24,26H,7-8,13-20H2,(H,27,28);5H2,1-4H3,(H,10,11);1H4. The highest BCUT2D eigenvalue weighted by atomic mass is 16.6. The summed E-state index contributed by atoms with van der Waals surface area (Å²) in [5, 5.41) is 18.5. The SMILES string of the molecule is C.CN(CC(=O)N1CCC(C(=O)NC(CCCc2ccccc2)CCCc2ccccc2)CC1)C(=O)OC(C)(C)C.CN(CC(=O)O)C(=O)OC(C)(C)C.O=C(NC(CCCc1ccccc1)CCCc1ccccc1)C1CCNCC1. The van der Waals surface area contributed by atoms with Crippen molar-refractivity contribution >= 4 is 35.9 Å². The van der Waals surface area contributed by atoms with Gasteiger partial charge in [-0.1, -0.05) is 129 Å². The van der Waals surface area contributed by atoms with Gasteiger partial charge in [0.15, 0.2) is 0 Å². The van der Waals surface area contributed by atoms with Crippen molar-refractivity contribution in [2.24, 2.45) is 11.8 Å². The number of likely N-dealkylation sites (tertiary alicyclic amines) is 1. The number of aliphatic carboxylic acids is 1. The van der Waals surface area contributed by atoms with E-state index in [1.807, 2.05) is 12.1 Å². The van der Waals surface area contributed by atoms with Crippen LogP contribution in [0.2, 0.25) is 0 Å². The second kappa shape index (κ2) is 37.4. The van der Waals surface area contributed by atoms with Gasteiger partial charge in [-0.3, -0.25) is 19.2 Å². The van der Waals surface area contributed by atoms with Crippen LogP contribution >= 0.6 is 0 Å². The monoisotopic (exact) mass is 1130 g/mol. The normalized spacial score (nSPS) is 13.7. The maximum Gasteiger partial charge on any atom is 0.410 e. The molecular weight excluding hydrogens is 1030 g/mol. The minimum Gasteiger partial charge on any atom is -0.480 e. The average molecular weight is 1130 g/mol. The Balaban J connectivity index is 0.000000363. The van der Waals surface area contributed by atoms with Crippen molar-refractivity contribution in [3.63, 3.8) is 0 Å². The van der Waals surface area contributed by atoms with E-state index in [0.717, 1.165) is 108 Å². The number of benzene rings is 4. The van der Waals surface area contributed by atoms with Crippen molar-refractivity contribution in [3.05, 3.63) is 144 Å². The zero-order valence-electron chi connectivity index (χ0n) is 50.0. The molecule has 2 saturated heterocycles. The first-order valence-electron chi connectivity index (χ1n) is 29.5. The molecule has 2 heterocycles. The van der Waals surface area contributed by atoms with Gasteiger partial charge in [0, 0.05) is 51.1 Å². The number of rotatable bonds is 24. The number of nitrogens with one attached hydrogen (secondary N) is 3. The summed E-state index contributed by atoms with van der Waals surface area (Å²) in [7, 11) is 2.95. The first-order valence-corrected chi connectivity index (χ1v) is 29.5. The Morgan fingerprint density at radius 2 is 0.829 bits per heavy atom. The van der Waals surface area contributed by atoms with E-state index >= 15 is 0 Å². The Labute approximate surface area is 491 Å². The van der Waals surface area contributed by atoms with Crippen molar-refractivity contribution in [3.8, 4) is 0 Å². The molecule has 0 saturated carbocycles. The number of nitrogens with zero attached hydrogens (tertiary/aromatic N) is 3. The number of aryl methyl sites for hydroxylation is 4. The highest BCUT2D eigenvalue weighted by Crippen LogP contribution is 2.21. The Hall–Kier alpha value is -6.74. The van der Waals surface area contributed by atoms with E-state index in [4.69, 9.17) is 14.6 Å². The van der Waals surface area contributed by atoms with Gasteiger partial charge in [0.05, 0.1) is 0 Å². The van der Waals surface area contributed by atoms with Crippen molar-refractivity contribution < 1.29 is 43.3 Å². The number of carbonyl (C=O) groups excluding carboxylic acids is 5.